The van der Waals surface area contributed by atoms with E-state index in [1.807, 2.05) is 0 Å². The number of aliphatic hydroxyl groups excluding tert-OH is 2. The van der Waals surface area contributed by atoms with Crippen molar-refractivity contribution in [1.82, 2.24) is 10.2 Å². The van der Waals surface area contributed by atoms with E-state index in [9.17, 15) is 4.79 Å². The van der Waals surface area contributed by atoms with E-state index in [1.165, 1.54) is 0 Å². The topological polar surface area (TPSA) is 72.8 Å². The van der Waals surface area contributed by atoms with Gasteiger partial charge >= 0.3 is 6.03 Å². The minimum atomic E-state index is -0.596. The SMILES string of the molecule is CC(CO)(CO)CN1CCNC1=O. The standard InChI is InChI=1S/C8H16N2O3/c1-8(5-11,6-12)4-10-3-2-9-7(10)13/h11-12H,2-6H2,1H3,(H,9,13). The molecule has 1 rings (SSSR count). The molecule has 0 aromatic carbocycles. The zero-order valence-corrected chi connectivity index (χ0v) is 7.79. The molecule has 1 saturated heterocycles. The van der Waals surface area contributed by atoms with Crippen molar-refractivity contribution in [3.63, 3.8) is 0 Å². The summed E-state index contributed by atoms with van der Waals surface area (Å²) in [4.78, 5) is 12.7. The zero-order chi connectivity index (χ0) is 9.90. The van der Waals surface area contributed by atoms with Gasteiger partial charge in [-0.25, -0.2) is 4.79 Å². The first-order chi connectivity index (χ1) is 6.11. The molecule has 2 amide bonds. The maximum absolute atomic E-state index is 11.1. The highest BCUT2D eigenvalue weighted by Crippen LogP contribution is 2.17. The molecule has 13 heavy (non-hydrogen) atoms. The number of carbonyl (C=O) groups is 1. The number of amides is 2. The second-order valence-corrected chi connectivity index (χ2v) is 3.78. The quantitative estimate of drug-likeness (QED) is 0.530. The van der Waals surface area contributed by atoms with Crippen molar-refractivity contribution in [3.05, 3.63) is 0 Å². The van der Waals surface area contributed by atoms with E-state index in [1.54, 1.807) is 11.8 Å². The monoisotopic (exact) mass is 188 g/mol. The van der Waals surface area contributed by atoms with Gasteiger partial charge in [0.1, 0.15) is 0 Å². The molecule has 0 saturated carbocycles. The number of aliphatic hydroxyl groups is 2. The van der Waals surface area contributed by atoms with Gasteiger partial charge in [0.15, 0.2) is 0 Å². The van der Waals surface area contributed by atoms with Gasteiger partial charge in [0, 0.05) is 25.0 Å². The Bertz CT molecular complexity index is 192. The summed E-state index contributed by atoms with van der Waals surface area (Å²) in [6.45, 7) is 3.20. The maximum atomic E-state index is 11.1. The van der Waals surface area contributed by atoms with Gasteiger partial charge in [-0.15, -0.1) is 0 Å². The van der Waals surface area contributed by atoms with Crippen molar-refractivity contribution >= 4 is 6.03 Å². The fraction of sp³-hybridized carbons (Fsp3) is 0.875. The van der Waals surface area contributed by atoms with Crippen molar-refractivity contribution in [2.24, 2.45) is 5.41 Å². The van der Waals surface area contributed by atoms with Gasteiger partial charge < -0.3 is 20.4 Å². The lowest BCUT2D eigenvalue weighted by atomic mass is 9.92. The highest BCUT2D eigenvalue weighted by molar-refractivity contribution is 5.76. The first-order valence-corrected chi connectivity index (χ1v) is 4.36. The summed E-state index contributed by atoms with van der Waals surface area (Å²) in [5.41, 5.74) is -0.596. The summed E-state index contributed by atoms with van der Waals surface area (Å²) in [6.07, 6.45) is 0. The second-order valence-electron chi connectivity index (χ2n) is 3.78. The summed E-state index contributed by atoms with van der Waals surface area (Å²) in [6, 6.07) is -0.117. The predicted octanol–water partition coefficient (Wildman–Crippen LogP) is -0.997. The molecule has 0 atom stereocenters. The van der Waals surface area contributed by atoms with Crippen molar-refractivity contribution in [3.8, 4) is 0 Å². The van der Waals surface area contributed by atoms with Gasteiger partial charge in [0.25, 0.3) is 0 Å². The third-order valence-corrected chi connectivity index (χ3v) is 2.28. The number of carbonyl (C=O) groups excluding carboxylic acids is 1. The van der Waals surface area contributed by atoms with Gasteiger partial charge in [-0.2, -0.15) is 0 Å². The van der Waals surface area contributed by atoms with E-state index < -0.39 is 5.41 Å². The van der Waals surface area contributed by atoms with Crippen LogP contribution in [0.4, 0.5) is 4.79 Å². The lowest BCUT2D eigenvalue weighted by Gasteiger charge is -2.29. The lowest BCUT2D eigenvalue weighted by molar-refractivity contribution is 0.0488. The van der Waals surface area contributed by atoms with Crippen LogP contribution in [0.3, 0.4) is 0 Å². The van der Waals surface area contributed by atoms with Crippen LogP contribution < -0.4 is 5.32 Å². The Balaban J connectivity index is 2.50. The number of urea groups is 1. The smallest absolute Gasteiger partial charge is 0.317 e. The Morgan fingerprint density at radius 3 is 2.54 bits per heavy atom. The van der Waals surface area contributed by atoms with Gasteiger partial charge in [-0.1, -0.05) is 6.92 Å². The number of hydrogen-bond acceptors (Lipinski definition) is 3. The maximum Gasteiger partial charge on any atom is 0.317 e. The lowest BCUT2D eigenvalue weighted by Crippen LogP contribution is -2.42. The van der Waals surface area contributed by atoms with Crippen LogP contribution in [0.1, 0.15) is 6.92 Å². The van der Waals surface area contributed by atoms with E-state index in [4.69, 9.17) is 10.2 Å². The van der Waals surface area contributed by atoms with E-state index in [-0.39, 0.29) is 19.2 Å². The predicted molar refractivity (Wildman–Crippen MR) is 47.3 cm³/mol. The molecule has 0 unspecified atom stereocenters. The summed E-state index contributed by atoms with van der Waals surface area (Å²) in [7, 11) is 0. The van der Waals surface area contributed by atoms with Crippen molar-refractivity contribution < 1.29 is 15.0 Å². The molecule has 0 radical (unpaired) electrons. The van der Waals surface area contributed by atoms with Crippen LogP contribution in [-0.2, 0) is 0 Å². The van der Waals surface area contributed by atoms with E-state index in [0.717, 1.165) is 0 Å². The van der Waals surface area contributed by atoms with Gasteiger partial charge in [-0.05, 0) is 0 Å². The van der Waals surface area contributed by atoms with Crippen LogP contribution in [0, 0.1) is 5.41 Å². The van der Waals surface area contributed by atoms with E-state index in [0.29, 0.717) is 19.6 Å². The summed E-state index contributed by atoms with van der Waals surface area (Å²) < 4.78 is 0. The molecule has 1 heterocycles. The number of rotatable bonds is 4. The van der Waals surface area contributed by atoms with E-state index >= 15 is 0 Å². The molecule has 5 nitrogen and oxygen atoms in total. The molecule has 1 aliphatic rings. The fourth-order valence-electron chi connectivity index (χ4n) is 1.27. The van der Waals surface area contributed by atoms with Crippen molar-refractivity contribution in [2.75, 3.05) is 32.8 Å². The van der Waals surface area contributed by atoms with Crippen LogP contribution >= 0.6 is 0 Å². The first kappa shape index (κ1) is 10.3. The average Bonchev–Trinajstić information content (AvgIpc) is 2.52. The van der Waals surface area contributed by atoms with Crippen LogP contribution in [0.2, 0.25) is 0 Å². The van der Waals surface area contributed by atoms with Crippen molar-refractivity contribution in [2.45, 2.75) is 6.92 Å². The normalized spacial score (nSPS) is 17.8. The number of nitrogens with one attached hydrogen (secondary N) is 1. The summed E-state index contributed by atoms with van der Waals surface area (Å²) in [5.74, 6) is 0. The molecule has 0 bridgehead atoms. The number of nitrogens with zero attached hydrogens (tertiary/aromatic N) is 1. The molecule has 5 heteroatoms. The molecule has 1 aliphatic heterocycles. The Kier molecular flexibility index (Phi) is 3.11. The van der Waals surface area contributed by atoms with Crippen LogP contribution in [0.15, 0.2) is 0 Å². The second kappa shape index (κ2) is 3.93. The largest absolute Gasteiger partial charge is 0.396 e. The molecule has 0 aromatic heterocycles. The van der Waals surface area contributed by atoms with Crippen LogP contribution in [-0.4, -0.2) is 54.0 Å². The molecule has 76 valence electrons. The average molecular weight is 188 g/mol. The highest BCUT2D eigenvalue weighted by Gasteiger charge is 2.30. The Hall–Kier alpha value is -0.810. The molecule has 0 spiro atoms. The Morgan fingerprint density at radius 2 is 2.15 bits per heavy atom. The minimum Gasteiger partial charge on any atom is -0.396 e. The molecule has 3 N–H and O–H groups in total. The summed E-state index contributed by atoms with van der Waals surface area (Å²) >= 11 is 0. The molecule has 1 fully saturated rings. The summed E-state index contributed by atoms with van der Waals surface area (Å²) in [5, 5.41) is 20.7. The Morgan fingerprint density at radius 1 is 1.54 bits per heavy atom. The molecule has 0 aliphatic carbocycles. The Labute approximate surface area is 77.3 Å². The minimum absolute atomic E-state index is 0.117. The third-order valence-electron chi connectivity index (χ3n) is 2.28. The highest BCUT2D eigenvalue weighted by atomic mass is 16.3. The van der Waals surface area contributed by atoms with Crippen LogP contribution in [0.5, 0.6) is 0 Å². The fourth-order valence-corrected chi connectivity index (χ4v) is 1.27. The van der Waals surface area contributed by atoms with E-state index in [2.05, 4.69) is 5.32 Å². The van der Waals surface area contributed by atoms with Crippen LogP contribution in [0.25, 0.3) is 0 Å². The molecule has 0 aromatic rings. The van der Waals surface area contributed by atoms with Gasteiger partial charge in [-0.3, -0.25) is 0 Å². The van der Waals surface area contributed by atoms with Crippen molar-refractivity contribution in [1.29, 1.82) is 0 Å². The van der Waals surface area contributed by atoms with Gasteiger partial charge in [0.2, 0.25) is 0 Å². The third kappa shape index (κ3) is 2.32. The van der Waals surface area contributed by atoms with Gasteiger partial charge in [0.05, 0.1) is 13.2 Å². The zero-order valence-electron chi connectivity index (χ0n) is 7.79. The first-order valence-electron chi connectivity index (χ1n) is 4.36. The molecular formula is C8H16N2O3. The number of hydrogen-bond donors (Lipinski definition) is 3. The molecular weight excluding hydrogens is 172 g/mol.